The van der Waals surface area contributed by atoms with E-state index in [9.17, 15) is 19.3 Å². The molecule has 0 bridgehead atoms. The van der Waals surface area contributed by atoms with Crippen molar-refractivity contribution in [1.82, 2.24) is 0 Å². The third kappa shape index (κ3) is 4.06. The van der Waals surface area contributed by atoms with Crippen LogP contribution in [0.3, 0.4) is 0 Å². The highest BCUT2D eigenvalue weighted by molar-refractivity contribution is 5.73. The molecule has 3 N–H and O–H groups in total. The van der Waals surface area contributed by atoms with E-state index in [2.05, 4.69) is 5.32 Å². The first-order valence-corrected chi connectivity index (χ1v) is 4.97. The van der Waals surface area contributed by atoms with Gasteiger partial charge in [0.05, 0.1) is 4.92 Å². The quantitative estimate of drug-likeness (QED) is 0.447. The Balaban J connectivity index is 2.65. The molecule has 0 atom stereocenters. The minimum atomic E-state index is -0.601. The molecular formula is C10H12FN3O3. The Bertz CT molecular complexity index is 437. The van der Waals surface area contributed by atoms with Crippen molar-refractivity contribution in [2.45, 2.75) is 12.8 Å². The van der Waals surface area contributed by atoms with Crippen molar-refractivity contribution in [3.8, 4) is 0 Å². The summed E-state index contributed by atoms with van der Waals surface area (Å²) in [7, 11) is 0. The van der Waals surface area contributed by atoms with E-state index in [1.165, 1.54) is 0 Å². The summed E-state index contributed by atoms with van der Waals surface area (Å²) in [5.41, 5.74) is 4.83. The fourth-order valence-corrected chi connectivity index (χ4v) is 1.29. The van der Waals surface area contributed by atoms with E-state index in [1.54, 1.807) is 0 Å². The third-order valence-corrected chi connectivity index (χ3v) is 2.07. The van der Waals surface area contributed by atoms with Gasteiger partial charge in [0.15, 0.2) is 0 Å². The average Bonchev–Trinajstić information content (AvgIpc) is 2.23. The predicted octanol–water partition coefficient (Wildman–Crippen LogP) is 1.41. The molecule has 0 saturated heterocycles. The van der Waals surface area contributed by atoms with Crippen LogP contribution in [0.2, 0.25) is 0 Å². The van der Waals surface area contributed by atoms with Gasteiger partial charge in [-0.25, -0.2) is 4.39 Å². The average molecular weight is 241 g/mol. The molecule has 92 valence electrons. The summed E-state index contributed by atoms with van der Waals surface area (Å²) in [5.74, 6) is -1.01. The second kappa shape index (κ2) is 5.78. The van der Waals surface area contributed by atoms with Gasteiger partial charge in [-0.2, -0.15) is 0 Å². The Hall–Kier alpha value is -2.18. The topological polar surface area (TPSA) is 98.3 Å². The van der Waals surface area contributed by atoms with Crippen molar-refractivity contribution in [2.75, 3.05) is 11.9 Å². The Labute approximate surface area is 96.8 Å². The van der Waals surface area contributed by atoms with Gasteiger partial charge in [0.1, 0.15) is 11.5 Å². The Kier molecular flexibility index (Phi) is 4.38. The highest BCUT2D eigenvalue weighted by atomic mass is 19.1. The van der Waals surface area contributed by atoms with Gasteiger partial charge in [-0.3, -0.25) is 14.9 Å². The molecule has 0 heterocycles. The zero-order valence-electron chi connectivity index (χ0n) is 8.98. The first kappa shape index (κ1) is 12.9. The highest BCUT2D eigenvalue weighted by Crippen LogP contribution is 2.24. The van der Waals surface area contributed by atoms with Crippen LogP contribution in [0.5, 0.6) is 0 Å². The largest absolute Gasteiger partial charge is 0.379 e. The van der Waals surface area contributed by atoms with Crippen molar-refractivity contribution >= 4 is 17.3 Å². The number of nitro groups is 1. The van der Waals surface area contributed by atoms with Gasteiger partial charge in [-0.15, -0.1) is 0 Å². The molecular weight excluding hydrogens is 229 g/mol. The van der Waals surface area contributed by atoms with Crippen LogP contribution in [-0.4, -0.2) is 17.4 Å². The van der Waals surface area contributed by atoms with Crippen LogP contribution in [0.25, 0.3) is 0 Å². The van der Waals surface area contributed by atoms with E-state index in [1.807, 2.05) is 0 Å². The molecule has 1 amide bonds. The predicted molar refractivity (Wildman–Crippen MR) is 60.0 cm³/mol. The molecule has 17 heavy (non-hydrogen) atoms. The number of halogens is 1. The first-order chi connectivity index (χ1) is 8.00. The van der Waals surface area contributed by atoms with Crippen LogP contribution in [0, 0.1) is 15.9 Å². The first-order valence-electron chi connectivity index (χ1n) is 4.97. The van der Waals surface area contributed by atoms with Gasteiger partial charge >= 0.3 is 0 Å². The molecule has 0 spiro atoms. The molecule has 0 aromatic heterocycles. The molecule has 0 unspecified atom stereocenters. The van der Waals surface area contributed by atoms with Crippen molar-refractivity contribution < 1.29 is 14.1 Å². The number of carbonyl (C=O) groups is 1. The molecule has 0 radical (unpaired) electrons. The zero-order valence-corrected chi connectivity index (χ0v) is 8.98. The lowest BCUT2D eigenvalue weighted by atomic mass is 10.2. The fraction of sp³-hybridized carbons (Fsp3) is 0.300. The van der Waals surface area contributed by atoms with Gasteiger partial charge < -0.3 is 11.1 Å². The molecule has 0 aliphatic heterocycles. The Morgan fingerprint density at radius 1 is 1.53 bits per heavy atom. The zero-order chi connectivity index (χ0) is 12.8. The van der Waals surface area contributed by atoms with Gasteiger partial charge in [0.25, 0.3) is 5.69 Å². The molecule has 1 rings (SSSR count). The van der Waals surface area contributed by atoms with E-state index in [0.717, 1.165) is 18.2 Å². The van der Waals surface area contributed by atoms with E-state index in [4.69, 9.17) is 5.73 Å². The number of amides is 1. The van der Waals surface area contributed by atoms with Gasteiger partial charge in [-0.05, 0) is 12.5 Å². The number of nitrogens with zero attached hydrogens (tertiary/aromatic N) is 1. The number of nitro benzene ring substituents is 1. The lowest BCUT2D eigenvalue weighted by molar-refractivity contribution is -0.384. The van der Waals surface area contributed by atoms with Crippen LogP contribution in [0.15, 0.2) is 18.2 Å². The SMILES string of the molecule is NC(=O)CCCNc1cc(F)ccc1[N+](=O)[O-]. The van der Waals surface area contributed by atoms with E-state index in [-0.39, 0.29) is 17.8 Å². The summed E-state index contributed by atoms with van der Waals surface area (Å²) in [4.78, 5) is 20.5. The second-order valence-electron chi connectivity index (χ2n) is 3.42. The summed E-state index contributed by atoms with van der Waals surface area (Å²) < 4.78 is 12.9. The number of nitrogens with one attached hydrogen (secondary N) is 1. The Morgan fingerprint density at radius 2 is 2.24 bits per heavy atom. The summed E-state index contributed by atoms with van der Waals surface area (Å²) in [6, 6.07) is 3.15. The maximum Gasteiger partial charge on any atom is 0.292 e. The fourth-order valence-electron chi connectivity index (χ4n) is 1.29. The van der Waals surface area contributed by atoms with E-state index in [0.29, 0.717) is 13.0 Å². The number of carbonyl (C=O) groups excluding carboxylic acids is 1. The maximum absolute atomic E-state index is 12.9. The number of hydrogen-bond donors (Lipinski definition) is 2. The van der Waals surface area contributed by atoms with E-state index < -0.39 is 16.6 Å². The second-order valence-corrected chi connectivity index (χ2v) is 3.42. The third-order valence-electron chi connectivity index (χ3n) is 2.07. The molecule has 0 aliphatic carbocycles. The number of primary amides is 1. The van der Waals surface area contributed by atoms with Crippen molar-refractivity contribution in [1.29, 1.82) is 0 Å². The van der Waals surface area contributed by atoms with Crippen LogP contribution in [-0.2, 0) is 4.79 Å². The van der Waals surface area contributed by atoms with Crippen LogP contribution < -0.4 is 11.1 Å². The highest BCUT2D eigenvalue weighted by Gasteiger charge is 2.13. The molecule has 7 heteroatoms. The van der Waals surface area contributed by atoms with Crippen molar-refractivity contribution in [3.05, 3.63) is 34.1 Å². The molecule has 0 aliphatic rings. The standard InChI is InChI=1S/C10H12FN3O3/c11-7-3-4-9(14(16)17)8(6-7)13-5-1-2-10(12)15/h3-4,6,13H,1-2,5H2,(H2,12,15). The minimum Gasteiger partial charge on any atom is -0.379 e. The lowest BCUT2D eigenvalue weighted by Crippen LogP contribution is -2.13. The number of rotatable bonds is 6. The summed E-state index contributed by atoms with van der Waals surface area (Å²) >= 11 is 0. The molecule has 6 nitrogen and oxygen atoms in total. The normalized spacial score (nSPS) is 9.94. The van der Waals surface area contributed by atoms with Crippen molar-refractivity contribution in [3.63, 3.8) is 0 Å². The monoisotopic (exact) mass is 241 g/mol. The lowest BCUT2D eigenvalue weighted by Gasteiger charge is -2.06. The number of hydrogen-bond acceptors (Lipinski definition) is 4. The summed E-state index contributed by atoms with van der Waals surface area (Å²) in [6.07, 6.45) is 0.610. The number of anilines is 1. The summed E-state index contributed by atoms with van der Waals surface area (Å²) in [6.45, 7) is 0.313. The number of nitrogens with two attached hydrogens (primary N) is 1. The molecule has 0 saturated carbocycles. The van der Waals surface area contributed by atoms with Crippen LogP contribution >= 0.6 is 0 Å². The van der Waals surface area contributed by atoms with Gasteiger partial charge in [0, 0.05) is 25.1 Å². The number of benzene rings is 1. The minimum absolute atomic E-state index is 0.0967. The maximum atomic E-state index is 12.9. The Morgan fingerprint density at radius 3 is 2.82 bits per heavy atom. The van der Waals surface area contributed by atoms with Crippen molar-refractivity contribution in [2.24, 2.45) is 5.73 Å². The molecule has 0 fully saturated rings. The molecule has 1 aromatic rings. The van der Waals surface area contributed by atoms with Gasteiger partial charge in [-0.1, -0.05) is 0 Å². The molecule has 1 aromatic carbocycles. The van der Waals surface area contributed by atoms with E-state index >= 15 is 0 Å². The van der Waals surface area contributed by atoms with Gasteiger partial charge in [0.2, 0.25) is 5.91 Å². The van der Waals surface area contributed by atoms with Crippen LogP contribution in [0.1, 0.15) is 12.8 Å². The summed E-state index contributed by atoms with van der Waals surface area (Å²) in [5, 5.41) is 13.3. The smallest absolute Gasteiger partial charge is 0.292 e. The van der Waals surface area contributed by atoms with Crippen LogP contribution in [0.4, 0.5) is 15.8 Å².